The molecule has 0 spiro atoms. The van der Waals surface area contributed by atoms with Crippen LogP contribution in [0.25, 0.3) is 0 Å². The molecule has 1 aromatic rings. The summed E-state index contributed by atoms with van der Waals surface area (Å²) in [5.41, 5.74) is 1.20. The van der Waals surface area contributed by atoms with E-state index in [1.54, 1.807) is 12.1 Å². The SMILES string of the molecule is CC(C)(C)Cc1cccc(C(C)(F)F)c1. The normalized spacial score (nSPS) is 12.9. The van der Waals surface area contributed by atoms with Gasteiger partial charge in [0.1, 0.15) is 0 Å². The fraction of sp³-hybridized carbons (Fsp3) is 0.538. The van der Waals surface area contributed by atoms with Crippen molar-refractivity contribution in [2.75, 3.05) is 0 Å². The monoisotopic (exact) mass is 212 g/mol. The highest BCUT2D eigenvalue weighted by Gasteiger charge is 2.24. The molecule has 0 aliphatic carbocycles. The molecule has 0 aliphatic rings. The number of halogens is 2. The molecule has 0 saturated carbocycles. The maximum absolute atomic E-state index is 13.1. The van der Waals surface area contributed by atoms with Gasteiger partial charge >= 0.3 is 0 Å². The number of hydrogen-bond acceptors (Lipinski definition) is 0. The summed E-state index contributed by atoms with van der Waals surface area (Å²) < 4.78 is 26.1. The molecule has 0 N–H and O–H groups in total. The topological polar surface area (TPSA) is 0 Å². The van der Waals surface area contributed by atoms with Crippen molar-refractivity contribution in [1.82, 2.24) is 0 Å². The number of rotatable bonds is 2. The summed E-state index contributed by atoms with van der Waals surface area (Å²) in [6, 6.07) is 6.69. The molecule has 0 unspecified atom stereocenters. The molecule has 1 rings (SSSR count). The van der Waals surface area contributed by atoms with Crippen LogP contribution in [0, 0.1) is 5.41 Å². The number of alkyl halides is 2. The van der Waals surface area contributed by atoms with Gasteiger partial charge in [0.2, 0.25) is 0 Å². The van der Waals surface area contributed by atoms with Crippen molar-refractivity contribution in [3.63, 3.8) is 0 Å². The Bertz CT molecular complexity index is 329. The van der Waals surface area contributed by atoms with Crippen LogP contribution in [0.5, 0.6) is 0 Å². The first-order chi connectivity index (χ1) is 6.68. The van der Waals surface area contributed by atoms with Crippen molar-refractivity contribution in [1.29, 1.82) is 0 Å². The maximum Gasteiger partial charge on any atom is 0.270 e. The van der Waals surface area contributed by atoms with E-state index < -0.39 is 5.92 Å². The molecule has 0 radical (unpaired) electrons. The van der Waals surface area contributed by atoms with E-state index in [0.29, 0.717) is 0 Å². The lowest BCUT2D eigenvalue weighted by Crippen LogP contribution is -2.11. The van der Waals surface area contributed by atoms with Gasteiger partial charge in [-0.15, -0.1) is 0 Å². The summed E-state index contributed by atoms with van der Waals surface area (Å²) in [5.74, 6) is -2.74. The second-order valence-electron chi connectivity index (χ2n) is 5.33. The van der Waals surface area contributed by atoms with Gasteiger partial charge < -0.3 is 0 Å². The minimum Gasteiger partial charge on any atom is -0.202 e. The first-order valence-electron chi connectivity index (χ1n) is 5.16. The van der Waals surface area contributed by atoms with Gasteiger partial charge in [0, 0.05) is 12.5 Å². The Morgan fingerprint density at radius 2 is 1.67 bits per heavy atom. The highest BCUT2D eigenvalue weighted by molar-refractivity contribution is 5.27. The van der Waals surface area contributed by atoms with Crippen LogP contribution in [0.1, 0.15) is 38.8 Å². The van der Waals surface area contributed by atoms with Crippen molar-refractivity contribution in [3.05, 3.63) is 35.4 Å². The smallest absolute Gasteiger partial charge is 0.202 e. The second-order valence-corrected chi connectivity index (χ2v) is 5.33. The van der Waals surface area contributed by atoms with Gasteiger partial charge in [-0.1, -0.05) is 39.0 Å². The van der Waals surface area contributed by atoms with Crippen molar-refractivity contribution in [3.8, 4) is 0 Å². The van der Waals surface area contributed by atoms with E-state index in [0.717, 1.165) is 18.9 Å². The van der Waals surface area contributed by atoms with E-state index in [1.807, 2.05) is 6.07 Å². The Morgan fingerprint density at radius 3 is 2.13 bits per heavy atom. The molecule has 0 atom stereocenters. The molecule has 0 aromatic heterocycles. The number of benzene rings is 1. The van der Waals surface area contributed by atoms with Gasteiger partial charge in [0.05, 0.1) is 0 Å². The van der Waals surface area contributed by atoms with Crippen molar-refractivity contribution < 1.29 is 8.78 Å². The highest BCUT2D eigenvalue weighted by atomic mass is 19.3. The average molecular weight is 212 g/mol. The van der Waals surface area contributed by atoms with Gasteiger partial charge in [0.25, 0.3) is 5.92 Å². The molecule has 0 bridgehead atoms. The minimum atomic E-state index is -2.74. The van der Waals surface area contributed by atoms with E-state index in [-0.39, 0.29) is 11.0 Å². The standard InChI is InChI=1S/C13H18F2/c1-12(2,3)9-10-6-5-7-11(8-10)13(4,14)15/h5-8H,9H2,1-4H3. The summed E-state index contributed by atoms with van der Waals surface area (Å²) in [6.45, 7) is 7.24. The minimum absolute atomic E-state index is 0.101. The van der Waals surface area contributed by atoms with Crippen LogP contribution in [0.3, 0.4) is 0 Å². The summed E-state index contributed by atoms with van der Waals surface area (Å²) in [7, 11) is 0. The Morgan fingerprint density at radius 1 is 1.07 bits per heavy atom. The zero-order valence-electron chi connectivity index (χ0n) is 9.77. The summed E-state index contributed by atoms with van der Waals surface area (Å²) in [6.07, 6.45) is 0.816. The van der Waals surface area contributed by atoms with Crippen LogP contribution in [-0.2, 0) is 12.3 Å². The van der Waals surface area contributed by atoms with E-state index in [4.69, 9.17) is 0 Å². The van der Waals surface area contributed by atoms with Crippen molar-refractivity contribution >= 4 is 0 Å². The quantitative estimate of drug-likeness (QED) is 0.682. The molecule has 0 amide bonds. The van der Waals surface area contributed by atoms with Crippen LogP contribution in [0.15, 0.2) is 24.3 Å². The molecular weight excluding hydrogens is 194 g/mol. The van der Waals surface area contributed by atoms with Crippen LogP contribution >= 0.6 is 0 Å². The zero-order chi connectivity index (χ0) is 11.7. The Labute approximate surface area is 90.3 Å². The predicted octanol–water partition coefficient (Wildman–Crippen LogP) is 4.39. The largest absolute Gasteiger partial charge is 0.270 e. The van der Waals surface area contributed by atoms with E-state index in [1.165, 1.54) is 6.07 Å². The number of hydrogen-bond donors (Lipinski definition) is 0. The molecule has 0 saturated heterocycles. The average Bonchev–Trinajstić information content (AvgIpc) is 1.99. The first kappa shape index (κ1) is 12.2. The molecular formula is C13H18F2. The third-order valence-electron chi connectivity index (χ3n) is 2.17. The van der Waals surface area contributed by atoms with Crippen LogP contribution in [-0.4, -0.2) is 0 Å². The molecule has 84 valence electrons. The van der Waals surface area contributed by atoms with Crippen LogP contribution in [0.2, 0.25) is 0 Å². The van der Waals surface area contributed by atoms with Crippen molar-refractivity contribution in [2.24, 2.45) is 5.41 Å². The lowest BCUT2D eigenvalue weighted by molar-refractivity contribution is 0.0173. The third-order valence-corrected chi connectivity index (χ3v) is 2.17. The van der Waals surface area contributed by atoms with Crippen LogP contribution in [0.4, 0.5) is 8.78 Å². The molecule has 0 aliphatic heterocycles. The van der Waals surface area contributed by atoms with Gasteiger partial charge in [-0.3, -0.25) is 0 Å². The highest BCUT2D eigenvalue weighted by Crippen LogP contribution is 2.29. The summed E-state index contributed by atoms with van der Waals surface area (Å²) >= 11 is 0. The fourth-order valence-corrected chi connectivity index (χ4v) is 1.57. The van der Waals surface area contributed by atoms with Gasteiger partial charge in [0.15, 0.2) is 0 Å². The van der Waals surface area contributed by atoms with Crippen LogP contribution < -0.4 is 0 Å². The van der Waals surface area contributed by atoms with E-state index in [9.17, 15) is 8.78 Å². The zero-order valence-corrected chi connectivity index (χ0v) is 9.77. The Kier molecular flexibility index (Phi) is 3.17. The van der Waals surface area contributed by atoms with Gasteiger partial charge in [-0.05, 0) is 23.5 Å². The van der Waals surface area contributed by atoms with Crippen molar-refractivity contribution in [2.45, 2.75) is 40.0 Å². The maximum atomic E-state index is 13.1. The predicted molar refractivity (Wildman–Crippen MR) is 59.2 cm³/mol. The van der Waals surface area contributed by atoms with E-state index >= 15 is 0 Å². The van der Waals surface area contributed by atoms with E-state index in [2.05, 4.69) is 20.8 Å². The third kappa shape index (κ3) is 3.98. The molecule has 15 heavy (non-hydrogen) atoms. The lowest BCUT2D eigenvalue weighted by atomic mass is 9.87. The molecule has 0 heterocycles. The Balaban J connectivity index is 2.94. The Hall–Kier alpha value is -0.920. The fourth-order valence-electron chi connectivity index (χ4n) is 1.57. The summed E-state index contributed by atoms with van der Waals surface area (Å²) in [4.78, 5) is 0. The van der Waals surface area contributed by atoms with Gasteiger partial charge in [-0.25, -0.2) is 8.78 Å². The molecule has 0 fully saturated rings. The second kappa shape index (κ2) is 3.92. The molecule has 2 heteroatoms. The van der Waals surface area contributed by atoms with Gasteiger partial charge in [-0.2, -0.15) is 0 Å². The first-order valence-corrected chi connectivity index (χ1v) is 5.16. The molecule has 0 nitrogen and oxygen atoms in total. The molecule has 1 aromatic carbocycles. The summed E-state index contributed by atoms with van der Waals surface area (Å²) in [5, 5.41) is 0. The lowest BCUT2D eigenvalue weighted by Gasteiger charge is -2.19.